The number of hydrogen-bond donors (Lipinski definition) is 2. The van der Waals surface area contributed by atoms with Crippen LogP contribution in [0, 0.1) is 6.92 Å². The number of nitrogens with one attached hydrogen (secondary N) is 2. The summed E-state index contributed by atoms with van der Waals surface area (Å²) in [6, 6.07) is 4.55. The van der Waals surface area contributed by atoms with E-state index in [1.807, 2.05) is 13.8 Å². The number of aryl methyl sites for hydroxylation is 2. The third kappa shape index (κ3) is 6.71. The molecule has 2 N–H and O–H groups in total. The number of nitrogens with zero attached hydrogens (tertiary/aromatic N) is 3. The predicted molar refractivity (Wildman–Crippen MR) is 139 cm³/mol. The Labute approximate surface area is 212 Å². The summed E-state index contributed by atoms with van der Waals surface area (Å²) in [4.78, 5) is 20.5. The van der Waals surface area contributed by atoms with Gasteiger partial charge in [-0.25, -0.2) is 22.6 Å². The van der Waals surface area contributed by atoms with Crippen molar-refractivity contribution < 1.29 is 17.9 Å². The van der Waals surface area contributed by atoms with Crippen molar-refractivity contribution >= 4 is 15.5 Å². The van der Waals surface area contributed by atoms with Crippen molar-refractivity contribution in [1.82, 2.24) is 24.3 Å². The van der Waals surface area contributed by atoms with Gasteiger partial charge in [0.15, 0.2) is 11.3 Å². The Morgan fingerprint density at radius 1 is 1.08 bits per heavy atom. The molecule has 0 radical (unpaired) electrons. The second-order valence-electron chi connectivity index (χ2n) is 8.53. The zero-order valence-electron chi connectivity index (χ0n) is 21.6. The molecule has 2 aromatic heterocycles. The summed E-state index contributed by atoms with van der Waals surface area (Å²) in [6.45, 7) is 9.35. The lowest BCUT2D eigenvalue weighted by atomic mass is 10.1. The van der Waals surface area contributed by atoms with E-state index < -0.39 is 10.0 Å². The zero-order valence-corrected chi connectivity index (χ0v) is 22.4. The van der Waals surface area contributed by atoms with Gasteiger partial charge in [-0.1, -0.05) is 26.2 Å². The summed E-state index contributed by atoms with van der Waals surface area (Å²) in [6.07, 6.45) is 5.55. The first kappa shape index (κ1) is 27.8. The topological polar surface area (TPSA) is 128 Å². The molecule has 3 aromatic rings. The molecular weight excluding hydrogens is 482 g/mol. The molecule has 11 heteroatoms. The lowest BCUT2D eigenvalue weighted by molar-refractivity contribution is 0.146. The fourth-order valence-electron chi connectivity index (χ4n) is 3.98. The number of H-pyrrole nitrogens is 1. The smallest absolute Gasteiger partial charge is 0.277 e. The molecule has 36 heavy (non-hydrogen) atoms. The van der Waals surface area contributed by atoms with Crippen LogP contribution in [-0.2, 0) is 21.2 Å². The van der Waals surface area contributed by atoms with Crippen molar-refractivity contribution in [2.45, 2.75) is 71.1 Å². The van der Waals surface area contributed by atoms with Gasteiger partial charge < -0.3 is 14.5 Å². The van der Waals surface area contributed by atoms with Gasteiger partial charge >= 0.3 is 0 Å². The molecule has 0 aliphatic rings. The third-order valence-corrected chi connectivity index (χ3v) is 7.23. The highest BCUT2D eigenvalue weighted by atomic mass is 32.2. The lowest BCUT2D eigenvalue weighted by Gasteiger charge is -2.13. The first-order valence-electron chi connectivity index (χ1n) is 12.7. The second kappa shape index (κ2) is 13.0. The van der Waals surface area contributed by atoms with Gasteiger partial charge in [0.1, 0.15) is 11.6 Å². The average molecular weight is 520 g/mol. The summed E-state index contributed by atoms with van der Waals surface area (Å²) in [5.74, 6) is 1.36. The largest absolute Gasteiger partial charge is 0.493 e. The highest BCUT2D eigenvalue weighted by Gasteiger charge is 2.21. The molecule has 0 spiro atoms. The van der Waals surface area contributed by atoms with E-state index in [-0.39, 0.29) is 22.8 Å². The molecule has 0 bridgehead atoms. The molecular formula is C25H37N5O5S. The summed E-state index contributed by atoms with van der Waals surface area (Å²) in [5.41, 5.74) is 1.05. The number of rotatable bonds is 15. The van der Waals surface area contributed by atoms with Crippen LogP contribution in [0.2, 0.25) is 0 Å². The number of sulfonamides is 1. The zero-order chi connectivity index (χ0) is 26.1. The average Bonchev–Trinajstić information content (AvgIpc) is 3.17. The molecule has 0 saturated carbocycles. The Morgan fingerprint density at radius 2 is 1.89 bits per heavy atom. The first-order valence-corrected chi connectivity index (χ1v) is 14.1. The van der Waals surface area contributed by atoms with Gasteiger partial charge in [-0.2, -0.15) is 0 Å². The van der Waals surface area contributed by atoms with Crippen molar-refractivity contribution in [3.8, 4) is 17.1 Å². The number of ether oxygens (including phenoxy) is 2. The predicted octanol–water partition coefficient (Wildman–Crippen LogP) is 3.62. The maximum atomic E-state index is 13.0. The molecule has 0 unspecified atom stereocenters. The number of benzene rings is 1. The Morgan fingerprint density at radius 3 is 2.61 bits per heavy atom. The maximum Gasteiger partial charge on any atom is 0.277 e. The Balaban J connectivity index is 2.00. The van der Waals surface area contributed by atoms with Crippen molar-refractivity contribution in [2.75, 3.05) is 26.4 Å². The monoisotopic (exact) mass is 519 g/mol. The Hall–Kier alpha value is -2.76. The Bertz CT molecular complexity index is 1320. The SMILES string of the molecule is CCCCCCc1nc(C)c2c(=O)[nH]c(-c3cc(S(=O)(=O)NCCCOCC)ccc3OCC)nn12. The highest BCUT2D eigenvalue weighted by Crippen LogP contribution is 2.30. The number of hydrogen-bond acceptors (Lipinski definition) is 7. The van der Waals surface area contributed by atoms with Gasteiger partial charge in [-0.3, -0.25) is 4.79 Å². The third-order valence-electron chi connectivity index (χ3n) is 5.77. The number of unbranched alkanes of at least 4 members (excludes halogenated alkanes) is 3. The maximum absolute atomic E-state index is 13.0. The van der Waals surface area contributed by atoms with E-state index >= 15 is 0 Å². The fourth-order valence-corrected chi connectivity index (χ4v) is 5.08. The van der Waals surface area contributed by atoms with E-state index in [2.05, 4.69) is 26.7 Å². The molecule has 10 nitrogen and oxygen atoms in total. The van der Waals surface area contributed by atoms with Crippen molar-refractivity contribution in [3.63, 3.8) is 0 Å². The van der Waals surface area contributed by atoms with Crippen LogP contribution in [0.3, 0.4) is 0 Å². The molecule has 0 aliphatic heterocycles. The Kier molecular flexibility index (Phi) is 10.0. The highest BCUT2D eigenvalue weighted by molar-refractivity contribution is 7.89. The van der Waals surface area contributed by atoms with E-state index in [9.17, 15) is 13.2 Å². The quantitative estimate of drug-likeness (QED) is 0.294. The molecule has 0 amide bonds. The molecule has 0 atom stereocenters. The van der Waals surface area contributed by atoms with Gasteiger partial charge in [0, 0.05) is 26.2 Å². The van der Waals surface area contributed by atoms with E-state index in [1.54, 1.807) is 17.5 Å². The van der Waals surface area contributed by atoms with Crippen molar-refractivity contribution in [2.24, 2.45) is 0 Å². The molecule has 198 valence electrons. The summed E-state index contributed by atoms with van der Waals surface area (Å²) >= 11 is 0. The van der Waals surface area contributed by atoms with Crippen molar-refractivity contribution in [1.29, 1.82) is 0 Å². The summed E-state index contributed by atoms with van der Waals surface area (Å²) in [7, 11) is -3.78. The van der Waals surface area contributed by atoms with Crippen LogP contribution in [0.15, 0.2) is 27.9 Å². The van der Waals surface area contributed by atoms with Crippen LogP contribution in [-0.4, -0.2) is 54.4 Å². The molecule has 2 heterocycles. The minimum atomic E-state index is -3.78. The van der Waals surface area contributed by atoms with E-state index in [1.165, 1.54) is 12.1 Å². The van der Waals surface area contributed by atoms with E-state index in [0.29, 0.717) is 61.0 Å². The molecule has 0 aliphatic carbocycles. The van der Waals surface area contributed by atoms with Gasteiger partial charge in [-0.15, -0.1) is 5.10 Å². The van der Waals surface area contributed by atoms with Crippen LogP contribution in [0.4, 0.5) is 0 Å². The number of aromatic nitrogens is 4. The van der Waals surface area contributed by atoms with Crippen molar-refractivity contribution in [3.05, 3.63) is 40.1 Å². The second-order valence-corrected chi connectivity index (χ2v) is 10.3. The number of aromatic amines is 1. The normalized spacial score (nSPS) is 11.9. The van der Waals surface area contributed by atoms with Gasteiger partial charge in [0.05, 0.1) is 22.8 Å². The summed E-state index contributed by atoms with van der Waals surface area (Å²) < 4.78 is 41.0. The molecule has 3 rings (SSSR count). The van der Waals surface area contributed by atoms with Crippen LogP contribution >= 0.6 is 0 Å². The standard InChI is InChI=1S/C25H37N5O5S/c1-5-8-9-10-12-22-27-18(4)23-25(31)28-24(29-30(22)23)20-17-19(13-14-21(20)35-7-3)36(32,33)26-15-11-16-34-6-2/h13-14,17,26H,5-12,15-16H2,1-4H3,(H,28,29,31). The van der Waals surface area contributed by atoms with E-state index in [0.717, 1.165) is 25.7 Å². The van der Waals surface area contributed by atoms with Gasteiger partial charge in [0.2, 0.25) is 10.0 Å². The van der Waals surface area contributed by atoms with Crippen LogP contribution in [0.5, 0.6) is 5.75 Å². The molecule has 1 aromatic carbocycles. The summed E-state index contributed by atoms with van der Waals surface area (Å²) in [5, 5.41) is 4.67. The van der Waals surface area contributed by atoms with Gasteiger partial charge in [0.25, 0.3) is 5.56 Å². The number of imidazole rings is 1. The van der Waals surface area contributed by atoms with E-state index in [4.69, 9.17) is 9.47 Å². The van der Waals surface area contributed by atoms with Gasteiger partial charge in [-0.05, 0) is 51.8 Å². The van der Waals surface area contributed by atoms with Crippen LogP contribution in [0.25, 0.3) is 16.9 Å². The fraction of sp³-hybridized carbons (Fsp3) is 0.560. The molecule has 0 saturated heterocycles. The first-order chi connectivity index (χ1) is 17.3. The van der Waals surface area contributed by atoms with Crippen LogP contribution in [0.1, 0.15) is 64.4 Å². The van der Waals surface area contributed by atoms with Crippen LogP contribution < -0.4 is 15.0 Å². The lowest BCUT2D eigenvalue weighted by Crippen LogP contribution is -2.25. The molecule has 0 fully saturated rings. The minimum Gasteiger partial charge on any atom is -0.493 e. The number of fused-ring (bicyclic) bond motifs is 1. The minimum absolute atomic E-state index is 0.0571.